The number of hydrogen-bond donors (Lipinski definition) is 4. The molecule has 0 spiro atoms. The predicted molar refractivity (Wildman–Crippen MR) is 53.3 cm³/mol. The zero-order chi connectivity index (χ0) is 12.6. The summed E-state index contributed by atoms with van der Waals surface area (Å²) < 4.78 is 19.2. The minimum atomic E-state index is -2.49. The molecule has 0 bridgehead atoms. The molecule has 8 nitrogen and oxygen atoms in total. The molecule has 2 aliphatic rings. The van der Waals surface area contributed by atoms with Crippen LogP contribution in [0.3, 0.4) is 0 Å². The number of aliphatic hydroxyl groups excluding tert-OH is 2. The third-order valence-corrected chi connectivity index (χ3v) is 2.67. The van der Waals surface area contributed by atoms with Crippen LogP contribution in [-0.4, -0.2) is 58.6 Å². The van der Waals surface area contributed by atoms with E-state index in [1.54, 1.807) is 0 Å². The van der Waals surface area contributed by atoms with Gasteiger partial charge < -0.3 is 26.0 Å². The molecular weight excluding hydrogens is 235 g/mol. The van der Waals surface area contributed by atoms with Crippen LogP contribution in [-0.2, 0) is 4.74 Å². The number of nitrogens with two attached hydrogens (primary N) is 1. The molecule has 1 fully saturated rings. The molecule has 0 aliphatic carbocycles. The summed E-state index contributed by atoms with van der Waals surface area (Å²) in [5, 5.41) is 20.8. The smallest absolute Gasteiger partial charge is 0.352 e. The van der Waals surface area contributed by atoms with Crippen molar-refractivity contribution in [2.45, 2.75) is 24.6 Å². The number of nitrogens with zero attached hydrogens (tertiary/aromatic N) is 2. The SMILES string of the molecule is NC1=NC(=O)N([C@@]2(F)C[C@H](O)[C@@H](CO)O2)CN1. The minimum Gasteiger partial charge on any atom is -0.394 e. The molecule has 0 radical (unpaired) electrons. The first-order valence-corrected chi connectivity index (χ1v) is 5.01. The van der Waals surface area contributed by atoms with Crippen LogP contribution in [0.4, 0.5) is 9.18 Å². The van der Waals surface area contributed by atoms with Crippen molar-refractivity contribution in [3.8, 4) is 0 Å². The summed E-state index contributed by atoms with van der Waals surface area (Å²) in [6.07, 6.45) is -2.68. The van der Waals surface area contributed by atoms with Gasteiger partial charge in [0, 0.05) is 0 Å². The van der Waals surface area contributed by atoms with Crippen molar-refractivity contribution >= 4 is 12.0 Å². The van der Waals surface area contributed by atoms with Crippen molar-refractivity contribution in [1.82, 2.24) is 10.2 Å². The zero-order valence-electron chi connectivity index (χ0n) is 8.84. The maximum absolute atomic E-state index is 14.3. The van der Waals surface area contributed by atoms with E-state index in [4.69, 9.17) is 15.6 Å². The van der Waals surface area contributed by atoms with E-state index in [2.05, 4.69) is 10.3 Å². The highest BCUT2D eigenvalue weighted by atomic mass is 19.2. The van der Waals surface area contributed by atoms with E-state index >= 15 is 0 Å². The lowest BCUT2D eigenvalue weighted by atomic mass is 10.2. The van der Waals surface area contributed by atoms with Gasteiger partial charge in [0.25, 0.3) is 5.98 Å². The number of carbonyl (C=O) groups excluding carboxylic acids is 1. The van der Waals surface area contributed by atoms with Gasteiger partial charge in [-0.15, -0.1) is 0 Å². The molecule has 2 amide bonds. The maximum Gasteiger partial charge on any atom is 0.352 e. The van der Waals surface area contributed by atoms with Gasteiger partial charge in [0.15, 0.2) is 5.96 Å². The Morgan fingerprint density at radius 2 is 2.47 bits per heavy atom. The summed E-state index contributed by atoms with van der Waals surface area (Å²) in [5.74, 6) is -2.59. The Bertz CT molecular complexity index is 365. The third-order valence-electron chi connectivity index (χ3n) is 2.67. The zero-order valence-corrected chi connectivity index (χ0v) is 8.84. The minimum absolute atomic E-state index is 0.105. The molecule has 0 aromatic heterocycles. The van der Waals surface area contributed by atoms with Gasteiger partial charge >= 0.3 is 6.03 Å². The molecule has 3 atom stereocenters. The van der Waals surface area contributed by atoms with E-state index < -0.39 is 37.2 Å². The quantitative estimate of drug-likeness (QED) is 0.421. The normalized spacial score (nSPS) is 37.9. The van der Waals surface area contributed by atoms with Crippen LogP contribution < -0.4 is 11.1 Å². The van der Waals surface area contributed by atoms with Crippen LogP contribution in [0.15, 0.2) is 4.99 Å². The standard InChI is InChI=1S/C8H13FN4O4/c9-8(1-4(15)5(2-14)17-8)13-3-11-6(10)12-7(13)16/h4-5,14-15H,1-3H2,(H3,10,11,12,16)/t4-,5+,8-/m0/s1. The van der Waals surface area contributed by atoms with Crippen LogP contribution in [0, 0.1) is 0 Å². The molecule has 0 aromatic rings. The summed E-state index contributed by atoms with van der Waals surface area (Å²) >= 11 is 0. The van der Waals surface area contributed by atoms with Gasteiger partial charge in [0.1, 0.15) is 12.8 Å². The van der Waals surface area contributed by atoms with Gasteiger partial charge in [-0.25, -0.2) is 9.69 Å². The Labute approximate surface area is 95.9 Å². The van der Waals surface area contributed by atoms with E-state index in [0.717, 1.165) is 0 Å². The highest BCUT2D eigenvalue weighted by Crippen LogP contribution is 2.35. The van der Waals surface area contributed by atoms with Crippen molar-refractivity contribution in [1.29, 1.82) is 0 Å². The van der Waals surface area contributed by atoms with E-state index in [0.29, 0.717) is 4.90 Å². The topological polar surface area (TPSA) is 120 Å². The molecule has 96 valence electrons. The molecule has 2 aliphatic heterocycles. The molecule has 1 saturated heterocycles. The Balaban J connectivity index is 2.15. The second kappa shape index (κ2) is 4.09. The van der Waals surface area contributed by atoms with Crippen molar-refractivity contribution in [3.63, 3.8) is 0 Å². The number of aliphatic hydroxyl groups is 2. The van der Waals surface area contributed by atoms with Gasteiger partial charge in [-0.3, -0.25) is 0 Å². The lowest BCUT2D eigenvalue weighted by Gasteiger charge is -2.34. The molecule has 17 heavy (non-hydrogen) atoms. The highest BCUT2D eigenvalue weighted by molar-refractivity contribution is 5.93. The Kier molecular flexibility index (Phi) is 2.89. The number of aliphatic imine (C=N–C) groups is 1. The Hall–Kier alpha value is -1.45. The van der Waals surface area contributed by atoms with Gasteiger partial charge in [0.2, 0.25) is 0 Å². The van der Waals surface area contributed by atoms with Crippen LogP contribution in [0.2, 0.25) is 0 Å². The van der Waals surface area contributed by atoms with Crippen LogP contribution in [0.5, 0.6) is 0 Å². The second-order valence-corrected chi connectivity index (χ2v) is 3.84. The van der Waals surface area contributed by atoms with E-state index in [1.165, 1.54) is 0 Å². The van der Waals surface area contributed by atoms with Gasteiger partial charge in [-0.2, -0.15) is 9.38 Å². The fraction of sp³-hybridized carbons (Fsp3) is 0.750. The van der Waals surface area contributed by atoms with Crippen LogP contribution >= 0.6 is 0 Å². The van der Waals surface area contributed by atoms with Gasteiger partial charge in [-0.05, 0) is 0 Å². The summed E-state index contributed by atoms with van der Waals surface area (Å²) in [4.78, 5) is 15.5. The number of amides is 2. The number of ether oxygens (including phenoxy) is 1. The second-order valence-electron chi connectivity index (χ2n) is 3.84. The number of guanidine groups is 1. The average molecular weight is 248 g/mol. The number of carbonyl (C=O) groups is 1. The lowest BCUT2D eigenvalue weighted by molar-refractivity contribution is -0.219. The molecule has 0 saturated carbocycles. The number of halogens is 1. The first kappa shape index (κ1) is 12.0. The van der Waals surface area contributed by atoms with Crippen molar-refractivity contribution in [2.75, 3.05) is 13.3 Å². The molecule has 0 unspecified atom stereocenters. The number of hydrogen-bond acceptors (Lipinski definition) is 6. The molecule has 9 heteroatoms. The Morgan fingerprint density at radius 3 is 3.00 bits per heavy atom. The lowest BCUT2D eigenvalue weighted by Crippen LogP contribution is -2.57. The van der Waals surface area contributed by atoms with Crippen LogP contribution in [0.25, 0.3) is 0 Å². The molecule has 5 N–H and O–H groups in total. The van der Waals surface area contributed by atoms with E-state index in [9.17, 15) is 14.3 Å². The first-order valence-electron chi connectivity index (χ1n) is 5.01. The van der Waals surface area contributed by atoms with E-state index in [-0.39, 0.29) is 12.6 Å². The number of nitrogens with one attached hydrogen (secondary N) is 1. The summed E-state index contributed by atoms with van der Waals surface area (Å²) in [5.41, 5.74) is 5.25. The van der Waals surface area contributed by atoms with Gasteiger partial charge in [0.05, 0.1) is 19.1 Å². The van der Waals surface area contributed by atoms with E-state index in [1.807, 2.05) is 0 Å². The maximum atomic E-state index is 14.3. The molecule has 2 heterocycles. The monoisotopic (exact) mass is 248 g/mol. The number of rotatable bonds is 2. The molecular formula is C8H13FN4O4. The number of urea groups is 1. The average Bonchev–Trinajstić information content (AvgIpc) is 2.54. The van der Waals surface area contributed by atoms with Crippen LogP contribution in [0.1, 0.15) is 6.42 Å². The fourth-order valence-corrected chi connectivity index (χ4v) is 1.77. The predicted octanol–water partition coefficient (Wildman–Crippen LogP) is -1.95. The molecule has 0 aromatic carbocycles. The van der Waals surface area contributed by atoms with Crippen molar-refractivity contribution in [3.05, 3.63) is 0 Å². The fourth-order valence-electron chi connectivity index (χ4n) is 1.77. The summed E-state index contributed by atoms with van der Waals surface area (Å²) in [6, 6.07) is -0.894. The molecule has 2 rings (SSSR count). The summed E-state index contributed by atoms with van der Waals surface area (Å²) in [7, 11) is 0. The third kappa shape index (κ3) is 2.04. The first-order chi connectivity index (χ1) is 7.96. The highest BCUT2D eigenvalue weighted by Gasteiger charge is 2.53. The Morgan fingerprint density at radius 1 is 1.76 bits per heavy atom. The summed E-state index contributed by atoms with van der Waals surface area (Å²) in [6.45, 7) is -0.747. The number of alkyl halides is 1. The van der Waals surface area contributed by atoms with Gasteiger partial charge in [-0.1, -0.05) is 0 Å². The van der Waals surface area contributed by atoms with Crippen molar-refractivity contribution in [2.24, 2.45) is 10.7 Å². The largest absolute Gasteiger partial charge is 0.394 e. The van der Waals surface area contributed by atoms with Crippen molar-refractivity contribution < 1.29 is 24.1 Å².